The van der Waals surface area contributed by atoms with Gasteiger partial charge in [0, 0.05) is 77.9 Å². The van der Waals surface area contributed by atoms with Gasteiger partial charge in [0.25, 0.3) is 0 Å². The topological polar surface area (TPSA) is 135 Å². The lowest BCUT2D eigenvalue weighted by atomic mass is 9.77. The summed E-state index contributed by atoms with van der Waals surface area (Å²) in [6.07, 6.45) is 5.85. The molecule has 1 amide bonds. The standard InChI is InChI=1S/C58H63Cl2N5O6/c1-63-44-26-27-45(63)36-46(35-44)64-30-32-65(33-31-64)51(66)37-50-54(57(69)70)55(52-47(59)23-13-24-48(52)60)53(56(67)68)49(62-50)28-25-39-15-11-12-16-40(39)38-71-34-14-29-61-58(41-17-5-2-6-18-41,42-19-7-3-8-20-42)43-21-9-4-10-22-43/h2-13,15-24,44-46,55,61-62H,14,25-38H2,1H3,(H,67,68)(H,69,70). The van der Waals surface area contributed by atoms with Gasteiger partial charge in [0.15, 0.2) is 0 Å². The van der Waals surface area contributed by atoms with Crippen LogP contribution in [0.3, 0.4) is 0 Å². The van der Waals surface area contributed by atoms with Crippen LogP contribution in [0.5, 0.6) is 0 Å². The highest BCUT2D eigenvalue weighted by molar-refractivity contribution is 6.36. The van der Waals surface area contributed by atoms with Crippen LogP contribution in [0, 0.1) is 0 Å². The number of hydrogen-bond donors (Lipinski definition) is 4. The summed E-state index contributed by atoms with van der Waals surface area (Å²) in [6, 6.07) is 45.9. The molecule has 11 nitrogen and oxygen atoms in total. The molecule has 13 heteroatoms. The number of piperidine rings is 1. The first-order valence-electron chi connectivity index (χ1n) is 25.0. The first-order chi connectivity index (χ1) is 34.5. The summed E-state index contributed by atoms with van der Waals surface area (Å²) >= 11 is 13.6. The Morgan fingerprint density at radius 2 is 1.18 bits per heavy atom. The van der Waals surface area contributed by atoms with Gasteiger partial charge in [0.1, 0.15) is 0 Å². The molecule has 0 radical (unpaired) electrons. The van der Waals surface area contributed by atoms with Crippen molar-refractivity contribution in [3.8, 4) is 0 Å². The van der Waals surface area contributed by atoms with Gasteiger partial charge >= 0.3 is 11.9 Å². The zero-order chi connectivity index (χ0) is 49.5. The third kappa shape index (κ3) is 10.9. The van der Waals surface area contributed by atoms with Gasteiger partial charge < -0.3 is 30.1 Å². The lowest BCUT2D eigenvalue weighted by molar-refractivity contribution is -0.133. The summed E-state index contributed by atoms with van der Waals surface area (Å²) in [5.41, 5.74) is 4.91. The van der Waals surface area contributed by atoms with E-state index in [9.17, 15) is 24.6 Å². The number of nitrogens with one attached hydrogen (secondary N) is 2. The maximum absolute atomic E-state index is 14.2. The molecule has 3 atom stereocenters. The molecule has 5 aromatic rings. The van der Waals surface area contributed by atoms with Crippen molar-refractivity contribution in [2.75, 3.05) is 46.4 Å². The van der Waals surface area contributed by atoms with E-state index in [-0.39, 0.29) is 51.2 Å². The molecule has 2 bridgehead atoms. The molecule has 4 N–H and O–H groups in total. The van der Waals surface area contributed by atoms with Crippen LogP contribution in [0.2, 0.25) is 10.0 Å². The molecule has 370 valence electrons. The number of halogens is 2. The summed E-state index contributed by atoms with van der Waals surface area (Å²) in [6.45, 7) is 4.06. The SMILES string of the molecule is CN1C2CCC1CC(N1CCN(C(=O)CC3=C(C(=O)O)C(c4c(Cl)cccc4Cl)C(C(=O)O)=C(CCc4ccccc4COCCCNC(c4ccccc4)(c4ccccc4)c4ccccc4)N3)CC1)C2. The van der Waals surface area contributed by atoms with Crippen LogP contribution < -0.4 is 10.6 Å². The van der Waals surface area contributed by atoms with E-state index in [2.05, 4.69) is 100 Å². The summed E-state index contributed by atoms with van der Waals surface area (Å²) in [7, 11) is 2.24. The Hall–Kier alpha value is -5.79. The normalized spacial score (nSPS) is 20.8. The van der Waals surface area contributed by atoms with Crippen molar-refractivity contribution in [1.29, 1.82) is 0 Å². The molecule has 0 saturated carbocycles. The van der Waals surface area contributed by atoms with E-state index in [0.29, 0.717) is 63.1 Å². The number of dihydropyridines is 1. The maximum atomic E-state index is 14.2. The predicted octanol–water partition coefficient (Wildman–Crippen LogP) is 9.64. The van der Waals surface area contributed by atoms with Crippen LogP contribution in [0.1, 0.15) is 84.2 Å². The number of hydrogen-bond acceptors (Lipinski definition) is 8. The second kappa shape index (κ2) is 22.7. The number of fused-ring (bicyclic) bond motifs is 2. The molecule has 9 rings (SSSR count). The molecule has 0 spiro atoms. The van der Waals surface area contributed by atoms with Gasteiger partial charge in [-0.15, -0.1) is 0 Å². The average Bonchev–Trinajstić information content (AvgIpc) is 3.56. The number of aliphatic carboxylic acids is 2. The highest BCUT2D eigenvalue weighted by Gasteiger charge is 2.43. The van der Waals surface area contributed by atoms with Crippen LogP contribution in [-0.2, 0) is 37.7 Å². The molecule has 4 heterocycles. The third-order valence-corrected chi connectivity index (χ3v) is 16.0. The zero-order valence-corrected chi connectivity index (χ0v) is 41.8. The van der Waals surface area contributed by atoms with Crippen LogP contribution in [0.4, 0.5) is 0 Å². The van der Waals surface area contributed by atoms with Gasteiger partial charge in [-0.2, -0.15) is 0 Å². The molecule has 4 aliphatic rings. The third-order valence-electron chi connectivity index (χ3n) is 15.4. The molecule has 0 aromatic heterocycles. The van der Waals surface area contributed by atoms with Crippen molar-refractivity contribution in [3.63, 3.8) is 0 Å². The van der Waals surface area contributed by atoms with Crippen molar-refractivity contribution in [2.24, 2.45) is 0 Å². The number of carboxylic acids is 2. The molecule has 71 heavy (non-hydrogen) atoms. The Kier molecular flexibility index (Phi) is 16.1. The number of rotatable bonds is 19. The van der Waals surface area contributed by atoms with Gasteiger partial charge in [-0.05, 0) is 98.5 Å². The fraction of sp³-hybridized carbons (Fsp3) is 0.362. The lowest BCUT2D eigenvalue weighted by Crippen LogP contribution is -2.56. The van der Waals surface area contributed by atoms with Crippen molar-refractivity contribution in [2.45, 2.75) is 87.6 Å². The second-order valence-corrected chi connectivity index (χ2v) is 20.1. The van der Waals surface area contributed by atoms with E-state index < -0.39 is 23.4 Å². The van der Waals surface area contributed by atoms with Gasteiger partial charge in [0.05, 0.1) is 35.6 Å². The number of allylic oxidation sites excluding steroid dienone is 1. The summed E-state index contributed by atoms with van der Waals surface area (Å²) in [5, 5.41) is 29.3. The summed E-state index contributed by atoms with van der Waals surface area (Å²) in [5.74, 6) is -4.24. The monoisotopic (exact) mass is 995 g/mol. The van der Waals surface area contributed by atoms with Gasteiger partial charge in [-0.25, -0.2) is 9.59 Å². The molecule has 4 aliphatic heterocycles. The van der Waals surface area contributed by atoms with E-state index in [1.54, 1.807) is 23.1 Å². The number of piperazine rings is 1. The maximum Gasteiger partial charge on any atom is 0.334 e. The van der Waals surface area contributed by atoms with Crippen LogP contribution in [-0.4, -0.2) is 107 Å². The number of nitrogens with zero attached hydrogens (tertiary/aromatic N) is 3. The number of ether oxygens (including phenoxy) is 1. The number of carbonyl (C=O) groups excluding carboxylic acids is 1. The quantitative estimate of drug-likeness (QED) is 0.0468. The zero-order valence-electron chi connectivity index (χ0n) is 40.2. The summed E-state index contributed by atoms with van der Waals surface area (Å²) < 4.78 is 6.35. The predicted molar refractivity (Wildman–Crippen MR) is 278 cm³/mol. The van der Waals surface area contributed by atoms with Crippen LogP contribution in [0.25, 0.3) is 0 Å². The highest BCUT2D eigenvalue weighted by atomic mass is 35.5. The smallest absolute Gasteiger partial charge is 0.334 e. The molecule has 0 aliphatic carbocycles. The van der Waals surface area contributed by atoms with E-state index in [1.165, 1.54) is 12.8 Å². The number of benzene rings is 5. The van der Waals surface area contributed by atoms with E-state index in [0.717, 1.165) is 60.2 Å². The van der Waals surface area contributed by atoms with Crippen LogP contribution >= 0.6 is 23.2 Å². The van der Waals surface area contributed by atoms with Crippen molar-refractivity contribution in [1.82, 2.24) is 25.3 Å². The molecular formula is C58H63Cl2N5O6. The fourth-order valence-electron chi connectivity index (χ4n) is 11.7. The lowest BCUT2D eigenvalue weighted by Gasteiger charge is -2.45. The van der Waals surface area contributed by atoms with Gasteiger partial charge in [0.2, 0.25) is 5.91 Å². The minimum absolute atomic E-state index is 0.133. The van der Waals surface area contributed by atoms with Crippen molar-refractivity contribution in [3.05, 3.63) is 199 Å². The molecule has 3 fully saturated rings. The van der Waals surface area contributed by atoms with Gasteiger partial charge in [-0.1, -0.05) is 145 Å². The number of carboxylic acid groups (broad SMARTS) is 2. The number of carbonyl (C=O) groups is 3. The largest absolute Gasteiger partial charge is 0.478 e. The Bertz CT molecular complexity index is 2620. The van der Waals surface area contributed by atoms with Crippen LogP contribution in [0.15, 0.2) is 156 Å². The summed E-state index contributed by atoms with van der Waals surface area (Å²) in [4.78, 5) is 47.9. The average molecular weight is 997 g/mol. The minimum atomic E-state index is -1.36. The molecule has 5 aromatic carbocycles. The highest BCUT2D eigenvalue weighted by Crippen LogP contribution is 2.46. The second-order valence-electron chi connectivity index (χ2n) is 19.3. The van der Waals surface area contributed by atoms with Crippen molar-refractivity contribution < 1.29 is 29.3 Å². The molecule has 3 saturated heterocycles. The minimum Gasteiger partial charge on any atom is -0.478 e. The fourth-order valence-corrected chi connectivity index (χ4v) is 12.3. The van der Waals surface area contributed by atoms with Gasteiger partial charge in [-0.3, -0.25) is 15.0 Å². The number of amides is 1. The van der Waals surface area contributed by atoms with E-state index in [4.69, 9.17) is 27.9 Å². The van der Waals surface area contributed by atoms with E-state index in [1.807, 2.05) is 42.5 Å². The Morgan fingerprint density at radius 3 is 1.73 bits per heavy atom. The van der Waals surface area contributed by atoms with Crippen molar-refractivity contribution >= 4 is 41.0 Å². The molecular weight excluding hydrogens is 934 g/mol. The van der Waals surface area contributed by atoms with E-state index >= 15 is 0 Å². The first-order valence-corrected chi connectivity index (χ1v) is 25.7. The Balaban J connectivity index is 0.896. The first kappa shape index (κ1) is 50.2. The molecule has 3 unspecified atom stereocenters. The number of aryl methyl sites for hydroxylation is 1. The Labute approximate surface area is 427 Å². The Morgan fingerprint density at radius 1 is 0.662 bits per heavy atom.